The normalized spacial score (nSPS) is 11.5. The van der Waals surface area contributed by atoms with Gasteiger partial charge in [-0.25, -0.2) is 0 Å². The van der Waals surface area contributed by atoms with Gasteiger partial charge in [-0.15, -0.1) is 24.0 Å². The molecule has 0 amide bonds. The number of aliphatic imine (C=N–C) groups is 1. The van der Waals surface area contributed by atoms with E-state index in [0.717, 1.165) is 18.9 Å². The quantitative estimate of drug-likeness (QED) is 0.278. The SMILES string of the molecule is CCOCCCN=C(N)NCCc1nc(C(C)C)no1.I. The second kappa shape index (κ2) is 11.7. The minimum atomic E-state index is 0. The standard InChI is InChI=1S/C13H25N5O2.HI/c1-4-19-9-5-7-15-13(14)16-8-6-11-17-12(10(2)3)18-20-11;/h10H,4-9H2,1-3H3,(H3,14,15,16);1H. The van der Waals surface area contributed by atoms with Crippen molar-refractivity contribution in [2.45, 2.75) is 39.5 Å². The first-order valence-electron chi connectivity index (χ1n) is 7.07. The fourth-order valence-electron chi connectivity index (χ4n) is 1.47. The maximum atomic E-state index is 5.74. The maximum Gasteiger partial charge on any atom is 0.228 e. The highest BCUT2D eigenvalue weighted by atomic mass is 127. The second-order valence-corrected chi connectivity index (χ2v) is 4.70. The lowest BCUT2D eigenvalue weighted by Crippen LogP contribution is -2.33. The fraction of sp³-hybridized carbons (Fsp3) is 0.769. The Hall–Kier alpha value is -0.900. The van der Waals surface area contributed by atoms with Crippen molar-refractivity contribution in [3.63, 3.8) is 0 Å². The van der Waals surface area contributed by atoms with Gasteiger partial charge >= 0.3 is 0 Å². The van der Waals surface area contributed by atoms with E-state index in [1.807, 2.05) is 20.8 Å². The molecule has 0 saturated carbocycles. The Kier molecular flexibility index (Phi) is 11.2. The van der Waals surface area contributed by atoms with Crippen LogP contribution in [-0.2, 0) is 11.2 Å². The van der Waals surface area contributed by atoms with Crippen LogP contribution in [0.3, 0.4) is 0 Å². The second-order valence-electron chi connectivity index (χ2n) is 4.70. The van der Waals surface area contributed by atoms with Crippen LogP contribution < -0.4 is 11.1 Å². The van der Waals surface area contributed by atoms with Crippen LogP contribution in [0.15, 0.2) is 9.52 Å². The molecule has 0 spiro atoms. The van der Waals surface area contributed by atoms with E-state index in [2.05, 4.69) is 20.4 Å². The fourth-order valence-corrected chi connectivity index (χ4v) is 1.47. The summed E-state index contributed by atoms with van der Waals surface area (Å²) < 4.78 is 10.4. The van der Waals surface area contributed by atoms with Gasteiger partial charge in [-0.2, -0.15) is 4.98 Å². The van der Waals surface area contributed by atoms with Crippen molar-refractivity contribution >= 4 is 29.9 Å². The van der Waals surface area contributed by atoms with Crippen LogP contribution in [0.5, 0.6) is 0 Å². The number of hydrogen-bond acceptors (Lipinski definition) is 5. The smallest absolute Gasteiger partial charge is 0.228 e. The summed E-state index contributed by atoms with van der Waals surface area (Å²) in [6.45, 7) is 8.77. The van der Waals surface area contributed by atoms with Crippen LogP contribution in [0.25, 0.3) is 0 Å². The lowest BCUT2D eigenvalue weighted by atomic mass is 10.2. The van der Waals surface area contributed by atoms with E-state index < -0.39 is 0 Å². The molecular weight excluding hydrogens is 385 g/mol. The van der Waals surface area contributed by atoms with Gasteiger partial charge in [0.2, 0.25) is 5.89 Å². The summed E-state index contributed by atoms with van der Waals surface area (Å²) in [6, 6.07) is 0. The van der Waals surface area contributed by atoms with E-state index >= 15 is 0 Å². The zero-order valence-corrected chi connectivity index (χ0v) is 15.3. The third-order valence-corrected chi connectivity index (χ3v) is 2.58. The Balaban J connectivity index is 0.00000400. The van der Waals surface area contributed by atoms with Crippen LogP contribution in [0.4, 0.5) is 0 Å². The largest absolute Gasteiger partial charge is 0.382 e. The van der Waals surface area contributed by atoms with E-state index in [1.54, 1.807) is 0 Å². The van der Waals surface area contributed by atoms with Gasteiger partial charge in [0.05, 0.1) is 0 Å². The Bertz CT molecular complexity index is 409. The molecule has 0 aromatic carbocycles. The van der Waals surface area contributed by atoms with Crippen molar-refractivity contribution in [1.82, 2.24) is 15.5 Å². The number of halogens is 1. The maximum absolute atomic E-state index is 5.74. The van der Waals surface area contributed by atoms with E-state index in [9.17, 15) is 0 Å². The molecule has 0 radical (unpaired) electrons. The van der Waals surface area contributed by atoms with Crippen LogP contribution in [0, 0.1) is 0 Å². The van der Waals surface area contributed by atoms with Crippen molar-refractivity contribution in [3.05, 3.63) is 11.7 Å². The van der Waals surface area contributed by atoms with Crippen LogP contribution in [0.2, 0.25) is 0 Å². The Morgan fingerprint density at radius 3 is 2.86 bits per heavy atom. The van der Waals surface area contributed by atoms with Gasteiger partial charge in [0.25, 0.3) is 0 Å². The zero-order valence-electron chi connectivity index (χ0n) is 13.0. The molecule has 0 unspecified atom stereocenters. The highest BCUT2D eigenvalue weighted by Gasteiger charge is 2.08. The summed E-state index contributed by atoms with van der Waals surface area (Å²) >= 11 is 0. The lowest BCUT2D eigenvalue weighted by molar-refractivity contribution is 0.146. The van der Waals surface area contributed by atoms with Gasteiger partial charge in [0.1, 0.15) is 0 Å². The number of nitrogens with zero attached hydrogens (tertiary/aromatic N) is 3. The van der Waals surface area contributed by atoms with Crippen LogP contribution in [0.1, 0.15) is 44.8 Å². The van der Waals surface area contributed by atoms with Gasteiger partial charge in [-0.3, -0.25) is 4.99 Å². The average Bonchev–Trinajstić information content (AvgIpc) is 2.87. The first-order chi connectivity index (χ1) is 9.63. The summed E-state index contributed by atoms with van der Waals surface area (Å²) in [5.74, 6) is 2.06. The van der Waals surface area contributed by atoms with Gasteiger partial charge < -0.3 is 20.3 Å². The monoisotopic (exact) mass is 411 g/mol. The van der Waals surface area contributed by atoms with Crippen molar-refractivity contribution in [2.75, 3.05) is 26.3 Å². The first kappa shape index (κ1) is 20.1. The number of guanidine groups is 1. The summed E-state index contributed by atoms with van der Waals surface area (Å²) in [5.41, 5.74) is 5.74. The Labute approximate surface area is 143 Å². The van der Waals surface area contributed by atoms with E-state index in [1.165, 1.54) is 0 Å². The van der Waals surface area contributed by atoms with E-state index in [4.69, 9.17) is 15.0 Å². The van der Waals surface area contributed by atoms with E-state index in [0.29, 0.717) is 38.0 Å². The molecule has 0 aliphatic rings. The highest BCUT2D eigenvalue weighted by Crippen LogP contribution is 2.09. The van der Waals surface area contributed by atoms with Crippen LogP contribution in [-0.4, -0.2) is 42.4 Å². The van der Waals surface area contributed by atoms with Crippen molar-refractivity contribution in [2.24, 2.45) is 10.7 Å². The molecule has 8 heteroatoms. The third-order valence-electron chi connectivity index (χ3n) is 2.58. The van der Waals surface area contributed by atoms with Crippen molar-refractivity contribution in [3.8, 4) is 0 Å². The van der Waals surface area contributed by atoms with Gasteiger partial charge in [0.15, 0.2) is 11.8 Å². The lowest BCUT2D eigenvalue weighted by Gasteiger charge is -2.03. The molecule has 1 aromatic heterocycles. The number of aromatic nitrogens is 2. The molecule has 0 saturated heterocycles. The molecule has 1 aromatic rings. The minimum absolute atomic E-state index is 0. The van der Waals surface area contributed by atoms with Crippen molar-refractivity contribution in [1.29, 1.82) is 0 Å². The number of rotatable bonds is 9. The summed E-state index contributed by atoms with van der Waals surface area (Å²) in [6.07, 6.45) is 1.51. The summed E-state index contributed by atoms with van der Waals surface area (Å²) in [5, 5.41) is 6.92. The molecule has 1 heterocycles. The Morgan fingerprint density at radius 1 is 1.48 bits per heavy atom. The molecule has 0 aliphatic heterocycles. The molecular formula is C13H26IN5O2. The third kappa shape index (κ3) is 8.86. The van der Waals surface area contributed by atoms with Crippen LogP contribution >= 0.6 is 24.0 Å². The number of nitrogens with two attached hydrogens (primary N) is 1. The van der Waals surface area contributed by atoms with Gasteiger partial charge in [-0.1, -0.05) is 19.0 Å². The van der Waals surface area contributed by atoms with Crippen molar-refractivity contribution < 1.29 is 9.26 Å². The molecule has 7 nitrogen and oxygen atoms in total. The minimum Gasteiger partial charge on any atom is -0.382 e. The first-order valence-corrected chi connectivity index (χ1v) is 7.07. The zero-order chi connectivity index (χ0) is 14.8. The van der Waals surface area contributed by atoms with Gasteiger partial charge in [-0.05, 0) is 13.3 Å². The molecule has 1 rings (SSSR count). The summed E-state index contributed by atoms with van der Waals surface area (Å²) in [4.78, 5) is 8.48. The van der Waals surface area contributed by atoms with E-state index in [-0.39, 0.29) is 29.9 Å². The molecule has 0 aliphatic carbocycles. The average molecular weight is 411 g/mol. The Morgan fingerprint density at radius 2 is 2.24 bits per heavy atom. The molecule has 0 atom stereocenters. The predicted octanol–water partition coefficient (Wildman–Crippen LogP) is 1.68. The molecule has 0 bridgehead atoms. The molecule has 21 heavy (non-hydrogen) atoms. The molecule has 3 N–H and O–H groups in total. The summed E-state index contributed by atoms with van der Waals surface area (Å²) in [7, 11) is 0. The number of ether oxygens (including phenoxy) is 1. The highest BCUT2D eigenvalue weighted by molar-refractivity contribution is 14.0. The number of nitrogens with one attached hydrogen (secondary N) is 1. The predicted molar refractivity (Wildman–Crippen MR) is 93.1 cm³/mol. The molecule has 122 valence electrons. The topological polar surface area (TPSA) is 98.6 Å². The number of hydrogen-bond donors (Lipinski definition) is 2. The van der Waals surface area contributed by atoms with Gasteiger partial charge in [0, 0.05) is 38.6 Å². The molecule has 0 fully saturated rings.